The maximum absolute atomic E-state index is 12.5. The van der Waals surface area contributed by atoms with Crippen LogP contribution in [0.4, 0.5) is 13.2 Å². The molecule has 6 heteroatoms. The highest BCUT2D eigenvalue weighted by Crippen LogP contribution is 2.30. The topological polar surface area (TPSA) is 41.1 Å². The van der Waals surface area contributed by atoms with Crippen LogP contribution in [-0.4, -0.2) is 19.0 Å². The van der Waals surface area contributed by atoms with Crippen LogP contribution < -0.4 is 10.6 Å². The molecule has 1 aliphatic heterocycles. The molecule has 0 bridgehead atoms. The van der Waals surface area contributed by atoms with E-state index in [0.717, 1.165) is 12.1 Å². The van der Waals surface area contributed by atoms with E-state index in [1.54, 1.807) is 0 Å². The first-order chi connectivity index (χ1) is 7.98. The Morgan fingerprint density at radius 2 is 2.00 bits per heavy atom. The Labute approximate surface area is 96.0 Å². The molecule has 0 spiro atoms. The Morgan fingerprint density at radius 1 is 1.24 bits per heavy atom. The fourth-order valence-electron chi connectivity index (χ4n) is 1.76. The zero-order valence-corrected chi connectivity index (χ0v) is 8.84. The lowest BCUT2D eigenvalue weighted by atomic mass is 10.0. The van der Waals surface area contributed by atoms with Gasteiger partial charge >= 0.3 is 6.18 Å². The molecule has 1 heterocycles. The minimum Gasteiger partial charge on any atom is -0.353 e. The number of alkyl halides is 3. The summed E-state index contributed by atoms with van der Waals surface area (Å²) in [6.45, 7) is 1.04. The number of hydrogen-bond acceptors (Lipinski definition) is 2. The number of rotatable bonds is 1. The highest BCUT2D eigenvalue weighted by Gasteiger charge is 2.32. The van der Waals surface area contributed by atoms with Crippen molar-refractivity contribution in [2.75, 3.05) is 13.1 Å². The zero-order valence-electron chi connectivity index (χ0n) is 8.84. The predicted molar refractivity (Wildman–Crippen MR) is 55.2 cm³/mol. The van der Waals surface area contributed by atoms with E-state index < -0.39 is 17.8 Å². The second-order valence-corrected chi connectivity index (χ2v) is 3.80. The highest BCUT2D eigenvalue weighted by molar-refractivity contribution is 5.83. The van der Waals surface area contributed by atoms with Crippen LogP contribution >= 0.6 is 0 Å². The number of carbonyl (C=O) groups is 1. The molecule has 0 saturated carbocycles. The van der Waals surface area contributed by atoms with Gasteiger partial charge in [-0.2, -0.15) is 13.2 Å². The van der Waals surface area contributed by atoms with E-state index in [0.29, 0.717) is 18.7 Å². The van der Waals surface area contributed by atoms with Gasteiger partial charge in [-0.05, 0) is 17.7 Å². The van der Waals surface area contributed by atoms with Crippen molar-refractivity contribution in [3.63, 3.8) is 0 Å². The molecule has 0 aromatic heterocycles. The standard InChI is InChI=1S/C11H11F3N2O/c12-11(13,14)8-3-1-2-7(6-8)9-10(17)16-5-4-15-9/h1-3,6,9,15H,4-5H2,(H,16,17)/t9-/m0/s1. The molecule has 2 rings (SSSR count). The second-order valence-electron chi connectivity index (χ2n) is 3.80. The minimum atomic E-state index is -4.39. The first kappa shape index (κ1) is 11.9. The summed E-state index contributed by atoms with van der Waals surface area (Å²) in [6.07, 6.45) is -4.39. The molecule has 1 aromatic rings. The largest absolute Gasteiger partial charge is 0.416 e. The van der Waals surface area contributed by atoms with E-state index in [-0.39, 0.29) is 5.91 Å². The third-order valence-corrected chi connectivity index (χ3v) is 2.58. The molecule has 1 saturated heterocycles. The Balaban J connectivity index is 2.29. The zero-order chi connectivity index (χ0) is 12.5. The molecular formula is C11H11F3N2O. The lowest BCUT2D eigenvalue weighted by molar-refractivity contribution is -0.137. The predicted octanol–water partition coefficient (Wildman–Crippen LogP) is 1.47. The molecule has 0 aliphatic carbocycles. The first-order valence-electron chi connectivity index (χ1n) is 5.17. The molecule has 1 aliphatic rings. The van der Waals surface area contributed by atoms with Gasteiger partial charge in [-0.15, -0.1) is 0 Å². The van der Waals surface area contributed by atoms with Gasteiger partial charge in [-0.3, -0.25) is 4.79 Å². The van der Waals surface area contributed by atoms with Gasteiger partial charge in [0.05, 0.1) is 5.56 Å². The average molecular weight is 244 g/mol. The molecule has 0 unspecified atom stereocenters. The maximum atomic E-state index is 12.5. The van der Waals surface area contributed by atoms with E-state index >= 15 is 0 Å². The molecule has 1 aromatic carbocycles. The maximum Gasteiger partial charge on any atom is 0.416 e. The minimum absolute atomic E-state index is 0.296. The van der Waals surface area contributed by atoms with Gasteiger partial charge in [-0.1, -0.05) is 12.1 Å². The Kier molecular flexibility index (Phi) is 3.06. The quantitative estimate of drug-likeness (QED) is 0.785. The summed E-state index contributed by atoms with van der Waals surface area (Å²) in [6, 6.07) is 4.11. The van der Waals surface area contributed by atoms with Crippen molar-refractivity contribution in [1.82, 2.24) is 10.6 Å². The third kappa shape index (κ3) is 2.58. The van der Waals surface area contributed by atoms with Crippen LogP contribution in [0.2, 0.25) is 0 Å². The number of benzene rings is 1. The van der Waals surface area contributed by atoms with Crippen LogP contribution in [0.25, 0.3) is 0 Å². The summed E-state index contributed by atoms with van der Waals surface area (Å²) in [5.41, 5.74) is -0.410. The van der Waals surface area contributed by atoms with Crippen LogP contribution in [0, 0.1) is 0 Å². The van der Waals surface area contributed by atoms with Crippen LogP contribution in [0.3, 0.4) is 0 Å². The van der Waals surface area contributed by atoms with Gasteiger partial charge in [-0.25, -0.2) is 0 Å². The fourth-order valence-corrected chi connectivity index (χ4v) is 1.76. The molecule has 1 amide bonds. The third-order valence-electron chi connectivity index (χ3n) is 2.58. The molecular weight excluding hydrogens is 233 g/mol. The smallest absolute Gasteiger partial charge is 0.353 e. The van der Waals surface area contributed by atoms with Crippen molar-refractivity contribution < 1.29 is 18.0 Å². The Bertz CT molecular complexity index is 431. The van der Waals surface area contributed by atoms with Crippen molar-refractivity contribution in [3.8, 4) is 0 Å². The van der Waals surface area contributed by atoms with Gasteiger partial charge in [0.2, 0.25) is 5.91 Å². The van der Waals surface area contributed by atoms with E-state index in [2.05, 4.69) is 10.6 Å². The normalized spacial score (nSPS) is 21.1. The summed E-state index contributed by atoms with van der Waals surface area (Å²) in [7, 11) is 0. The summed E-state index contributed by atoms with van der Waals surface area (Å²) in [5.74, 6) is -0.296. The van der Waals surface area contributed by atoms with Gasteiger partial charge < -0.3 is 10.6 Å². The summed E-state index contributed by atoms with van der Waals surface area (Å²) in [5, 5.41) is 5.49. The van der Waals surface area contributed by atoms with Gasteiger partial charge in [0.25, 0.3) is 0 Å². The van der Waals surface area contributed by atoms with Crippen molar-refractivity contribution in [2.24, 2.45) is 0 Å². The number of amides is 1. The molecule has 0 radical (unpaired) electrons. The molecule has 92 valence electrons. The number of halogens is 3. The van der Waals surface area contributed by atoms with Crippen LogP contribution in [0.5, 0.6) is 0 Å². The highest BCUT2D eigenvalue weighted by atomic mass is 19.4. The van der Waals surface area contributed by atoms with Crippen molar-refractivity contribution >= 4 is 5.91 Å². The van der Waals surface area contributed by atoms with E-state index in [4.69, 9.17) is 0 Å². The monoisotopic (exact) mass is 244 g/mol. The molecule has 1 atom stereocenters. The van der Waals surface area contributed by atoms with Crippen molar-refractivity contribution in [3.05, 3.63) is 35.4 Å². The number of carbonyl (C=O) groups excluding carboxylic acids is 1. The van der Waals surface area contributed by atoms with Crippen molar-refractivity contribution in [2.45, 2.75) is 12.2 Å². The number of piperazine rings is 1. The average Bonchev–Trinajstić information content (AvgIpc) is 2.29. The Morgan fingerprint density at radius 3 is 2.65 bits per heavy atom. The van der Waals surface area contributed by atoms with Crippen LogP contribution in [0.1, 0.15) is 17.2 Å². The molecule has 1 fully saturated rings. The van der Waals surface area contributed by atoms with Crippen LogP contribution in [-0.2, 0) is 11.0 Å². The van der Waals surface area contributed by atoms with Gasteiger partial charge in [0.1, 0.15) is 6.04 Å². The lowest BCUT2D eigenvalue weighted by Gasteiger charge is -2.24. The Hall–Kier alpha value is -1.56. The number of hydrogen-bond donors (Lipinski definition) is 2. The lowest BCUT2D eigenvalue weighted by Crippen LogP contribution is -2.47. The van der Waals surface area contributed by atoms with Gasteiger partial charge in [0, 0.05) is 13.1 Å². The number of nitrogens with one attached hydrogen (secondary N) is 2. The summed E-state index contributed by atoms with van der Waals surface area (Å²) in [4.78, 5) is 11.5. The van der Waals surface area contributed by atoms with Gasteiger partial charge in [0.15, 0.2) is 0 Å². The molecule has 2 N–H and O–H groups in total. The van der Waals surface area contributed by atoms with Crippen LogP contribution in [0.15, 0.2) is 24.3 Å². The van der Waals surface area contributed by atoms with E-state index in [1.165, 1.54) is 12.1 Å². The molecule has 3 nitrogen and oxygen atoms in total. The first-order valence-corrected chi connectivity index (χ1v) is 5.17. The van der Waals surface area contributed by atoms with E-state index in [9.17, 15) is 18.0 Å². The fraction of sp³-hybridized carbons (Fsp3) is 0.364. The van der Waals surface area contributed by atoms with Crippen molar-refractivity contribution in [1.29, 1.82) is 0 Å². The molecule has 17 heavy (non-hydrogen) atoms. The summed E-state index contributed by atoms with van der Waals surface area (Å²) < 4.78 is 37.5. The SMILES string of the molecule is O=C1NCCN[C@H]1c1cccc(C(F)(F)F)c1. The summed E-state index contributed by atoms with van der Waals surface area (Å²) >= 11 is 0. The second kappa shape index (κ2) is 4.37. The van der Waals surface area contributed by atoms with E-state index in [1.807, 2.05) is 0 Å².